The molecule has 0 spiro atoms. The largest absolute Gasteiger partial charge is 0.479 e. The molecule has 11 nitrogen and oxygen atoms in total. The number of nitrogens with one attached hydrogen (secondary N) is 1. The molecule has 2 bridgehead atoms. The Hall–Kier alpha value is -4.35. The molecule has 4 aromatic rings. The van der Waals surface area contributed by atoms with Crippen LogP contribution in [0, 0.1) is 36.0 Å². The summed E-state index contributed by atoms with van der Waals surface area (Å²) < 4.78 is 54.4. The highest BCUT2D eigenvalue weighted by atomic mass is 19.3. The van der Waals surface area contributed by atoms with Gasteiger partial charge in [0.15, 0.2) is 29.3 Å². The van der Waals surface area contributed by atoms with Crippen molar-refractivity contribution in [2.24, 2.45) is 11.8 Å². The molecule has 14 heteroatoms. The first-order valence-electron chi connectivity index (χ1n) is 15.6. The summed E-state index contributed by atoms with van der Waals surface area (Å²) in [6.45, 7) is 0.956. The molecule has 2 N–H and O–H groups in total. The van der Waals surface area contributed by atoms with E-state index in [1.165, 1.54) is 35.7 Å². The molecule has 46 heavy (non-hydrogen) atoms. The van der Waals surface area contributed by atoms with Crippen LogP contribution >= 0.6 is 0 Å². The summed E-state index contributed by atoms with van der Waals surface area (Å²) in [4.78, 5) is 6.62. The van der Waals surface area contributed by atoms with Crippen LogP contribution in [0.1, 0.15) is 48.7 Å². The fraction of sp³-hybridized carbons (Fsp3) is 0.500. The van der Waals surface area contributed by atoms with Gasteiger partial charge in [0, 0.05) is 49.0 Å². The van der Waals surface area contributed by atoms with Gasteiger partial charge in [0.25, 0.3) is 0 Å². The number of aliphatic hydroxyl groups is 1. The number of aromatic nitrogens is 5. The lowest BCUT2D eigenvalue weighted by atomic mass is 9.80. The number of fused-ring (bicyclic) bond motifs is 4. The van der Waals surface area contributed by atoms with Crippen molar-refractivity contribution in [1.82, 2.24) is 34.6 Å². The van der Waals surface area contributed by atoms with Gasteiger partial charge in [-0.3, -0.25) is 14.6 Å². The highest BCUT2D eigenvalue weighted by Gasteiger charge is 2.44. The fourth-order valence-electron chi connectivity index (χ4n) is 7.80. The molecule has 242 valence electrons. The summed E-state index contributed by atoms with van der Waals surface area (Å²) in [6, 6.07) is 5.08. The quantitative estimate of drug-likeness (QED) is 0.205. The van der Waals surface area contributed by atoms with E-state index in [-0.39, 0.29) is 22.7 Å². The minimum Gasteiger partial charge on any atom is -0.479 e. The molecule has 3 atom stereocenters. The van der Waals surface area contributed by atoms with Gasteiger partial charge in [0.1, 0.15) is 5.82 Å². The predicted molar refractivity (Wildman–Crippen MR) is 159 cm³/mol. The van der Waals surface area contributed by atoms with Crippen molar-refractivity contribution in [3.63, 3.8) is 0 Å². The smallest absolute Gasteiger partial charge is 0.387 e. The van der Waals surface area contributed by atoms with Crippen molar-refractivity contribution in [3.05, 3.63) is 59.6 Å². The lowest BCUT2D eigenvalue weighted by molar-refractivity contribution is -0.0489. The third kappa shape index (κ3) is 5.62. The van der Waals surface area contributed by atoms with Gasteiger partial charge in [-0.05, 0) is 68.2 Å². The van der Waals surface area contributed by atoms with Crippen LogP contribution in [-0.2, 0) is 13.0 Å². The number of nitrogens with zero attached hydrogens (tertiary/aromatic N) is 7. The van der Waals surface area contributed by atoms with Gasteiger partial charge >= 0.3 is 6.61 Å². The van der Waals surface area contributed by atoms with E-state index in [1.807, 2.05) is 6.92 Å². The Morgan fingerprint density at radius 3 is 2.61 bits per heavy atom. The lowest BCUT2D eigenvalue weighted by Crippen LogP contribution is -2.48. The monoisotopic (exact) mass is 636 g/mol. The molecule has 0 aromatic carbocycles. The number of aliphatic hydroxyl groups excluding tert-OH is 1. The van der Waals surface area contributed by atoms with Crippen molar-refractivity contribution >= 4 is 5.52 Å². The maximum Gasteiger partial charge on any atom is 0.387 e. The average Bonchev–Trinajstić information content (AvgIpc) is 3.58. The number of ether oxygens (including phenoxy) is 2. The second-order valence-corrected chi connectivity index (χ2v) is 12.4. The molecule has 7 rings (SSSR count). The molecule has 2 aliphatic carbocycles. The third-order valence-corrected chi connectivity index (χ3v) is 9.92. The van der Waals surface area contributed by atoms with Crippen LogP contribution in [0.5, 0.6) is 11.5 Å². The van der Waals surface area contributed by atoms with E-state index in [9.17, 15) is 23.5 Å². The Morgan fingerprint density at radius 1 is 1.11 bits per heavy atom. The molecule has 3 aliphatic rings. The fourth-order valence-corrected chi connectivity index (χ4v) is 7.80. The first-order chi connectivity index (χ1) is 22.3. The van der Waals surface area contributed by atoms with Crippen LogP contribution in [0.3, 0.4) is 0 Å². The van der Waals surface area contributed by atoms with Crippen molar-refractivity contribution in [2.75, 3.05) is 19.7 Å². The van der Waals surface area contributed by atoms with Crippen LogP contribution < -0.4 is 14.8 Å². The number of rotatable bonds is 9. The first kappa shape index (κ1) is 30.3. The summed E-state index contributed by atoms with van der Waals surface area (Å²) in [6.07, 6.45) is 10.4. The number of nitriles is 1. The lowest BCUT2D eigenvalue weighted by Gasteiger charge is -2.40. The zero-order chi connectivity index (χ0) is 31.9. The van der Waals surface area contributed by atoms with E-state index in [0.29, 0.717) is 35.2 Å². The van der Waals surface area contributed by atoms with Crippen molar-refractivity contribution in [2.45, 2.75) is 70.4 Å². The Bertz CT molecular complexity index is 1740. The van der Waals surface area contributed by atoms with E-state index < -0.39 is 25.1 Å². The van der Waals surface area contributed by atoms with Gasteiger partial charge < -0.3 is 19.9 Å². The van der Waals surface area contributed by atoms with Gasteiger partial charge in [-0.2, -0.15) is 24.2 Å². The molecule has 2 fully saturated rings. The Morgan fingerprint density at radius 2 is 1.91 bits per heavy atom. The number of hydrogen-bond donors (Lipinski definition) is 2. The van der Waals surface area contributed by atoms with Crippen LogP contribution in [0.2, 0.25) is 0 Å². The van der Waals surface area contributed by atoms with Crippen LogP contribution in [0.4, 0.5) is 13.2 Å². The second kappa shape index (κ2) is 12.4. The standard InChI is InChI=1S/C32H35F3N8O3/c1-18-25-6-7-41(23-10-19-2-3-20(11-23)30(19)38-17-36)8-9-42(25)40-29(18)21-12-26(31-27(46-32(34)35)14-39-43(31)15-21)45-28(16-44)24-5-4-22(33)13-37-24/h4-5,12-15,19-20,23,28,30,32,38,44H,2-3,6-11,16H2,1H3. The van der Waals surface area contributed by atoms with Gasteiger partial charge in [0.2, 0.25) is 0 Å². The summed E-state index contributed by atoms with van der Waals surface area (Å²) >= 11 is 0. The van der Waals surface area contributed by atoms with Crippen molar-refractivity contribution in [3.8, 4) is 28.9 Å². The SMILES string of the molecule is Cc1c(-c2cc(OC(CO)c3ccc(F)cn3)c3c(OC(F)F)cnn3c2)nn2c1CCN(C1CC3CCC(C1)C3NC#N)CC2. The maximum atomic E-state index is 13.5. The van der Waals surface area contributed by atoms with Gasteiger partial charge in [-0.1, -0.05) is 0 Å². The number of halogens is 3. The molecule has 0 saturated heterocycles. The molecule has 0 amide bonds. The zero-order valence-corrected chi connectivity index (χ0v) is 25.3. The van der Waals surface area contributed by atoms with Gasteiger partial charge in [-0.15, -0.1) is 0 Å². The number of hydrogen-bond acceptors (Lipinski definition) is 9. The summed E-state index contributed by atoms with van der Waals surface area (Å²) in [5.41, 5.74) is 3.90. The molecule has 5 heterocycles. The molecule has 3 unspecified atom stereocenters. The van der Waals surface area contributed by atoms with Crippen molar-refractivity contribution < 1.29 is 27.8 Å². The predicted octanol–water partition coefficient (Wildman–Crippen LogP) is 4.24. The van der Waals surface area contributed by atoms with E-state index in [0.717, 1.165) is 56.4 Å². The average molecular weight is 637 g/mol. The summed E-state index contributed by atoms with van der Waals surface area (Å²) in [7, 11) is 0. The Labute approximate surface area is 263 Å². The third-order valence-electron chi connectivity index (χ3n) is 9.92. The van der Waals surface area contributed by atoms with Crippen LogP contribution in [-0.4, -0.2) is 72.8 Å². The highest BCUT2D eigenvalue weighted by Crippen LogP contribution is 2.44. The van der Waals surface area contributed by atoms with Crippen LogP contribution in [0.25, 0.3) is 16.8 Å². The van der Waals surface area contributed by atoms with Crippen LogP contribution in [0.15, 0.2) is 36.8 Å². The number of pyridine rings is 2. The topological polar surface area (TPSA) is 126 Å². The van der Waals surface area contributed by atoms with E-state index in [2.05, 4.69) is 31.2 Å². The molecule has 0 radical (unpaired) electrons. The van der Waals surface area contributed by atoms with Crippen molar-refractivity contribution in [1.29, 1.82) is 5.26 Å². The molecular weight excluding hydrogens is 601 g/mol. The molecule has 1 aliphatic heterocycles. The van der Waals surface area contributed by atoms with Gasteiger partial charge in [-0.25, -0.2) is 8.91 Å². The molecule has 2 saturated carbocycles. The van der Waals surface area contributed by atoms with Gasteiger partial charge in [0.05, 0.1) is 36.9 Å². The Kier molecular flexibility index (Phi) is 8.20. The minimum atomic E-state index is -3.09. The number of alkyl halides is 2. The van der Waals surface area contributed by atoms with E-state index in [1.54, 1.807) is 12.3 Å². The van der Waals surface area contributed by atoms with E-state index >= 15 is 0 Å². The maximum absolute atomic E-state index is 13.5. The van der Waals surface area contributed by atoms with E-state index in [4.69, 9.17) is 14.6 Å². The zero-order valence-electron chi connectivity index (χ0n) is 25.3. The second-order valence-electron chi connectivity index (χ2n) is 12.4. The summed E-state index contributed by atoms with van der Waals surface area (Å²) in [5, 5.41) is 31.6. The summed E-state index contributed by atoms with van der Waals surface area (Å²) in [5.74, 6) is 0.478. The first-order valence-corrected chi connectivity index (χ1v) is 15.6. The Balaban J connectivity index is 1.16. The molecular formula is C32H35F3N8O3. The highest BCUT2D eigenvalue weighted by molar-refractivity contribution is 5.75. The molecule has 4 aromatic heterocycles. The normalized spacial score (nSPS) is 23.6. The minimum absolute atomic E-state index is 0.126.